The Kier molecular flexibility index (Phi) is 6.42. The number of amides is 1. The molecule has 0 saturated heterocycles. The fourth-order valence-corrected chi connectivity index (χ4v) is 2.34. The summed E-state index contributed by atoms with van der Waals surface area (Å²) in [5, 5.41) is 8.85. The quantitative estimate of drug-likeness (QED) is 0.834. The zero-order chi connectivity index (χ0) is 14.3. The van der Waals surface area contributed by atoms with E-state index in [2.05, 4.69) is 0 Å². The number of carbonyl (C=O) groups excluding carboxylic acids is 1. The van der Waals surface area contributed by atoms with Crippen LogP contribution in [-0.2, 0) is 10.5 Å². The molecule has 0 bridgehead atoms. The van der Waals surface area contributed by atoms with E-state index in [0.29, 0.717) is 12.1 Å². The molecule has 0 aliphatic rings. The number of hydrogen-bond donors (Lipinski definition) is 1. The second-order valence-corrected chi connectivity index (χ2v) is 5.12. The molecule has 0 aromatic heterocycles. The van der Waals surface area contributed by atoms with Crippen LogP contribution in [0.4, 0.5) is 0 Å². The first-order valence-corrected chi connectivity index (χ1v) is 7.56. The zero-order valence-corrected chi connectivity index (χ0v) is 12.1. The molecule has 0 atom stereocenters. The summed E-state index contributed by atoms with van der Waals surface area (Å²) < 4.78 is 0. The highest BCUT2D eigenvalue weighted by molar-refractivity contribution is 7.97. The fourth-order valence-electron chi connectivity index (χ4n) is 1.83. The number of thioether (sulfide) groups is 1. The van der Waals surface area contributed by atoms with Crippen molar-refractivity contribution in [1.82, 2.24) is 4.90 Å². The first kappa shape index (κ1) is 15.6. The molecule has 1 rings (SSSR count). The molecule has 0 aliphatic carbocycles. The summed E-state index contributed by atoms with van der Waals surface area (Å²) in [4.78, 5) is 24.5. The van der Waals surface area contributed by atoms with E-state index in [4.69, 9.17) is 5.11 Å². The van der Waals surface area contributed by atoms with Crippen LogP contribution in [0.2, 0.25) is 0 Å². The number of carboxylic acids is 1. The van der Waals surface area contributed by atoms with E-state index in [-0.39, 0.29) is 12.5 Å². The molecule has 0 spiro atoms. The van der Waals surface area contributed by atoms with Gasteiger partial charge in [-0.25, -0.2) is 0 Å². The summed E-state index contributed by atoms with van der Waals surface area (Å²) >= 11 is 1.69. The predicted octanol–water partition coefficient (Wildman–Crippen LogP) is 2.49. The van der Waals surface area contributed by atoms with E-state index in [0.717, 1.165) is 17.7 Å². The molecule has 5 heteroatoms. The van der Waals surface area contributed by atoms with Crippen LogP contribution in [0, 0.1) is 0 Å². The molecule has 0 unspecified atom stereocenters. The Bertz CT molecular complexity index is 448. The molecule has 1 N–H and O–H groups in total. The molecule has 0 aliphatic heterocycles. The van der Waals surface area contributed by atoms with Crippen molar-refractivity contribution in [2.75, 3.05) is 19.3 Å². The van der Waals surface area contributed by atoms with Crippen molar-refractivity contribution in [3.8, 4) is 0 Å². The topological polar surface area (TPSA) is 57.6 Å². The van der Waals surface area contributed by atoms with Crippen molar-refractivity contribution in [3.63, 3.8) is 0 Å². The SMILES string of the molecule is CCCN(CC(=O)O)C(=O)c1cccc(CSC)c1. The van der Waals surface area contributed by atoms with Crippen LogP contribution in [0.1, 0.15) is 29.3 Å². The number of carbonyl (C=O) groups is 2. The van der Waals surface area contributed by atoms with Gasteiger partial charge in [-0.15, -0.1) is 0 Å². The summed E-state index contributed by atoms with van der Waals surface area (Å²) in [7, 11) is 0. The van der Waals surface area contributed by atoms with Crippen LogP contribution in [0.5, 0.6) is 0 Å². The van der Waals surface area contributed by atoms with Crippen LogP contribution >= 0.6 is 11.8 Å². The van der Waals surface area contributed by atoms with E-state index in [1.807, 2.05) is 31.4 Å². The lowest BCUT2D eigenvalue weighted by Gasteiger charge is -2.20. The van der Waals surface area contributed by atoms with Crippen LogP contribution < -0.4 is 0 Å². The fraction of sp³-hybridized carbons (Fsp3) is 0.429. The van der Waals surface area contributed by atoms with Gasteiger partial charge in [0.25, 0.3) is 5.91 Å². The van der Waals surface area contributed by atoms with Gasteiger partial charge in [-0.1, -0.05) is 19.1 Å². The number of carboxylic acid groups (broad SMARTS) is 1. The van der Waals surface area contributed by atoms with Gasteiger partial charge < -0.3 is 10.0 Å². The molecule has 1 aromatic rings. The van der Waals surface area contributed by atoms with Crippen molar-refractivity contribution in [1.29, 1.82) is 0 Å². The molecule has 0 heterocycles. The third-order valence-electron chi connectivity index (χ3n) is 2.59. The number of nitrogens with zero attached hydrogens (tertiary/aromatic N) is 1. The van der Waals surface area contributed by atoms with Crippen molar-refractivity contribution in [2.45, 2.75) is 19.1 Å². The van der Waals surface area contributed by atoms with E-state index in [1.165, 1.54) is 4.90 Å². The van der Waals surface area contributed by atoms with Gasteiger partial charge in [0.15, 0.2) is 0 Å². The molecule has 1 aromatic carbocycles. The summed E-state index contributed by atoms with van der Waals surface area (Å²) in [6.45, 7) is 2.13. The van der Waals surface area contributed by atoms with Crippen molar-refractivity contribution in [2.24, 2.45) is 0 Å². The lowest BCUT2D eigenvalue weighted by molar-refractivity contribution is -0.137. The van der Waals surface area contributed by atoms with Crippen molar-refractivity contribution in [3.05, 3.63) is 35.4 Å². The summed E-state index contributed by atoms with van der Waals surface area (Å²) in [5.41, 5.74) is 1.63. The van der Waals surface area contributed by atoms with Gasteiger partial charge in [-0.2, -0.15) is 11.8 Å². The Hall–Kier alpha value is -1.49. The Morgan fingerprint density at radius 1 is 1.37 bits per heavy atom. The van der Waals surface area contributed by atoms with Gasteiger partial charge >= 0.3 is 5.97 Å². The number of rotatable bonds is 7. The van der Waals surface area contributed by atoms with Gasteiger partial charge in [0.1, 0.15) is 6.54 Å². The van der Waals surface area contributed by atoms with E-state index in [9.17, 15) is 9.59 Å². The molecule has 0 fully saturated rings. The third-order valence-corrected chi connectivity index (χ3v) is 3.21. The monoisotopic (exact) mass is 281 g/mol. The number of benzene rings is 1. The minimum Gasteiger partial charge on any atom is -0.480 e. The smallest absolute Gasteiger partial charge is 0.323 e. The van der Waals surface area contributed by atoms with Gasteiger partial charge in [0.2, 0.25) is 0 Å². The maximum absolute atomic E-state index is 12.3. The summed E-state index contributed by atoms with van der Waals surface area (Å²) in [6, 6.07) is 7.37. The van der Waals surface area contributed by atoms with Crippen LogP contribution in [0.25, 0.3) is 0 Å². The second-order valence-electron chi connectivity index (χ2n) is 4.25. The number of hydrogen-bond acceptors (Lipinski definition) is 3. The highest BCUT2D eigenvalue weighted by atomic mass is 32.2. The van der Waals surface area contributed by atoms with Gasteiger partial charge in [0.05, 0.1) is 0 Å². The molecular formula is C14H19NO3S. The Labute approximate surface area is 117 Å². The molecule has 4 nitrogen and oxygen atoms in total. The maximum atomic E-state index is 12.3. The Morgan fingerprint density at radius 2 is 2.11 bits per heavy atom. The maximum Gasteiger partial charge on any atom is 0.323 e. The largest absolute Gasteiger partial charge is 0.480 e. The lowest BCUT2D eigenvalue weighted by Crippen LogP contribution is -2.36. The van der Waals surface area contributed by atoms with E-state index < -0.39 is 5.97 Å². The zero-order valence-electron chi connectivity index (χ0n) is 11.3. The molecule has 0 radical (unpaired) electrons. The average molecular weight is 281 g/mol. The second kappa shape index (κ2) is 7.84. The normalized spacial score (nSPS) is 10.2. The molecule has 1 amide bonds. The lowest BCUT2D eigenvalue weighted by atomic mass is 10.1. The van der Waals surface area contributed by atoms with Crippen LogP contribution in [0.15, 0.2) is 24.3 Å². The highest BCUT2D eigenvalue weighted by Crippen LogP contribution is 2.13. The molecule has 19 heavy (non-hydrogen) atoms. The summed E-state index contributed by atoms with van der Waals surface area (Å²) in [6.07, 6.45) is 2.74. The molecule has 0 saturated carbocycles. The summed E-state index contributed by atoms with van der Waals surface area (Å²) in [5.74, 6) is -0.359. The van der Waals surface area contributed by atoms with Gasteiger partial charge in [0, 0.05) is 17.9 Å². The molecular weight excluding hydrogens is 262 g/mol. The van der Waals surface area contributed by atoms with Crippen LogP contribution in [-0.4, -0.2) is 41.2 Å². The molecule has 104 valence electrons. The minimum absolute atomic E-state index is 0.216. The first-order chi connectivity index (χ1) is 9.08. The Balaban J connectivity index is 2.88. The van der Waals surface area contributed by atoms with Gasteiger partial charge in [-0.3, -0.25) is 9.59 Å². The van der Waals surface area contributed by atoms with Crippen molar-refractivity contribution >= 4 is 23.6 Å². The predicted molar refractivity (Wildman–Crippen MR) is 77.5 cm³/mol. The third kappa shape index (κ3) is 4.95. The Morgan fingerprint density at radius 3 is 2.68 bits per heavy atom. The van der Waals surface area contributed by atoms with E-state index in [1.54, 1.807) is 17.8 Å². The standard InChI is InChI=1S/C14H19NO3S/c1-3-7-15(9-13(16)17)14(18)12-6-4-5-11(8-12)10-19-2/h4-6,8H,3,7,9-10H2,1-2H3,(H,16,17). The van der Waals surface area contributed by atoms with Gasteiger partial charge in [-0.05, 0) is 30.4 Å². The first-order valence-electron chi connectivity index (χ1n) is 6.17. The van der Waals surface area contributed by atoms with E-state index >= 15 is 0 Å². The van der Waals surface area contributed by atoms with Crippen molar-refractivity contribution < 1.29 is 14.7 Å². The minimum atomic E-state index is -0.984. The highest BCUT2D eigenvalue weighted by Gasteiger charge is 2.17. The number of aliphatic carboxylic acids is 1. The van der Waals surface area contributed by atoms with Crippen LogP contribution in [0.3, 0.4) is 0 Å². The average Bonchev–Trinajstić information content (AvgIpc) is 2.37.